The zero-order valence-electron chi connectivity index (χ0n) is 8.49. The molecule has 2 aliphatic rings. The van der Waals surface area contributed by atoms with Crippen LogP contribution in [-0.2, 0) is 0 Å². The summed E-state index contributed by atoms with van der Waals surface area (Å²) >= 11 is 6.15. The fourth-order valence-electron chi connectivity index (χ4n) is 2.58. The predicted octanol–water partition coefficient (Wildman–Crippen LogP) is 1.68. The van der Waals surface area contributed by atoms with Crippen LogP contribution in [0.25, 0.3) is 0 Å². The Morgan fingerprint density at radius 3 is 2.73 bits per heavy atom. The third kappa shape index (κ3) is 1.70. The van der Waals surface area contributed by atoms with Gasteiger partial charge in [0.1, 0.15) is 5.82 Å². The molecular weight excluding hydrogens is 210 g/mol. The molecule has 0 saturated carbocycles. The van der Waals surface area contributed by atoms with E-state index < -0.39 is 0 Å². The normalized spacial score (nSPS) is 29.5. The van der Waals surface area contributed by atoms with E-state index in [1.807, 2.05) is 18.3 Å². The van der Waals surface area contributed by atoms with Crippen molar-refractivity contribution in [3.05, 3.63) is 23.4 Å². The Kier molecular flexibility index (Phi) is 2.29. The first-order chi connectivity index (χ1) is 7.33. The van der Waals surface area contributed by atoms with Gasteiger partial charge in [0, 0.05) is 31.4 Å². The van der Waals surface area contributed by atoms with E-state index in [0.717, 1.165) is 23.9 Å². The van der Waals surface area contributed by atoms with Crippen LogP contribution < -0.4 is 10.2 Å². The molecule has 0 radical (unpaired) electrons. The molecule has 80 valence electrons. The number of nitrogens with zero attached hydrogens (tertiary/aromatic N) is 2. The number of aromatic nitrogens is 1. The van der Waals surface area contributed by atoms with Crippen molar-refractivity contribution in [3.8, 4) is 0 Å². The lowest BCUT2D eigenvalue weighted by atomic mass is 10.2. The molecule has 2 atom stereocenters. The van der Waals surface area contributed by atoms with Gasteiger partial charge in [-0.15, -0.1) is 0 Å². The van der Waals surface area contributed by atoms with Crippen LogP contribution in [0.15, 0.2) is 18.3 Å². The topological polar surface area (TPSA) is 28.2 Å². The van der Waals surface area contributed by atoms with E-state index in [4.69, 9.17) is 11.6 Å². The minimum atomic E-state index is 0.627. The Bertz CT molecular complexity index is 357. The highest BCUT2D eigenvalue weighted by Crippen LogP contribution is 2.28. The minimum absolute atomic E-state index is 0.627. The molecule has 15 heavy (non-hydrogen) atoms. The smallest absolute Gasteiger partial charge is 0.147 e. The molecule has 2 aliphatic heterocycles. The summed E-state index contributed by atoms with van der Waals surface area (Å²) in [5.41, 5.74) is 0. The molecule has 1 aromatic heterocycles. The number of hydrogen-bond acceptors (Lipinski definition) is 3. The first-order valence-corrected chi connectivity index (χ1v) is 5.82. The van der Waals surface area contributed by atoms with Crippen molar-refractivity contribution >= 4 is 17.4 Å². The zero-order chi connectivity index (χ0) is 10.3. The molecule has 0 aliphatic carbocycles. The summed E-state index contributed by atoms with van der Waals surface area (Å²) in [6.45, 7) is 2.07. The summed E-state index contributed by atoms with van der Waals surface area (Å²) in [5, 5.41) is 4.36. The summed E-state index contributed by atoms with van der Waals surface area (Å²) < 4.78 is 0. The summed E-state index contributed by atoms with van der Waals surface area (Å²) in [7, 11) is 0. The number of anilines is 1. The molecular formula is C11H14ClN3. The maximum atomic E-state index is 6.15. The van der Waals surface area contributed by atoms with Gasteiger partial charge in [0.25, 0.3) is 0 Å². The first kappa shape index (κ1) is 9.43. The van der Waals surface area contributed by atoms with Gasteiger partial charge in [0.15, 0.2) is 0 Å². The van der Waals surface area contributed by atoms with Gasteiger partial charge >= 0.3 is 0 Å². The molecule has 2 saturated heterocycles. The Hall–Kier alpha value is -0.800. The van der Waals surface area contributed by atoms with Gasteiger partial charge in [0.05, 0.1) is 5.02 Å². The fraction of sp³-hybridized carbons (Fsp3) is 0.545. The Balaban J connectivity index is 1.86. The lowest BCUT2D eigenvalue weighted by molar-refractivity contribution is 0.463. The van der Waals surface area contributed by atoms with Crippen LogP contribution in [0.2, 0.25) is 5.02 Å². The number of rotatable bonds is 1. The fourth-order valence-corrected chi connectivity index (χ4v) is 2.82. The zero-order valence-corrected chi connectivity index (χ0v) is 9.24. The second-order valence-corrected chi connectivity index (χ2v) is 4.76. The summed E-state index contributed by atoms with van der Waals surface area (Å²) in [6, 6.07) is 5.04. The Morgan fingerprint density at radius 2 is 2.07 bits per heavy atom. The molecule has 0 aromatic carbocycles. The molecule has 3 rings (SSSR count). The Morgan fingerprint density at radius 1 is 1.33 bits per heavy atom. The third-order valence-electron chi connectivity index (χ3n) is 3.26. The largest absolute Gasteiger partial charge is 0.352 e. The Labute approximate surface area is 94.4 Å². The van der Waals surface area contributed by atoms with Crippen LogP contribution in [0.4, 0.5) is 5.82 Å². The highest BCUT2D eigenvalue weighted by atomic mass is 35.5. The van der Waals surface area contributed by atoms with Crippen molar-refractivity contribution < 1.29 is 0 Å². The number of hydrogen-bond donors (Lipinski definition) is 1. The van der Waals surface area contributed by atoms with E-state index in [1.165, 1.54) is 12.8 Å². The average molecular weight is 224 g/mol. The van der Waals surface area contributed by atoms with Gasteiger partial charge in [0.2, 0.25) is 0 Å². The van der Waals surface area contributed by atoms with Crippen LogP contribution in [0.5, 0.6) is 0 Å². The van der Waals surface area contributed by atoms with Crippen molar-refractivity contribution in [2.24, 2.45) is 0 Å². The van der Waals surface area contributed by atoms with Crippen molar-refractivity contribution in [1.29, 1.82) is 0 Å². The van der Waals surface area contributed by atoms with Gasteiger partial charge in [-0.3, -0.25) is 0 Å². The molecule has 0 amide bonds. The number of halogens is 1. The SMILES string of the molecule is Clc1cccnc1N1C[C@H]2CC[C@@H](C1)N2. The quantitative estimate of drug-likeness (QED) is 0.785. The minimum Gasteiger partial charge on any atom is -0.352 e. The molecule has 2 fully saturated rings. The van der Waals surface area contributed by atoms with Crippen molar-refractivity contribution in [3.63, 3.8) is 0 Å². The van der Waals surface area contributed by atoms with Crippen LogP contribution in [0.3, 0.4) is 0 Å². The highest BCUT2D eigenvalue weighted by molar-refractivity contribution is 6.32. The van der Waals surface area contributed by atoms with Gasteiger partial charge < -0.3 is 10.2 Å². The standard InChI is InChI=1S/C11H14ClN3/c12-10-2-1-5-13-11(10)15-6-8-3-4-9(7-15)14-8/h1-2,5,8-9,14H,3-4,6-7H2/t8-,9+. The summed E-state index contributed by atoms with van der Waals surface area (Å²) in [4.78, 5) is 6.67. The van der Waals surface area contributed by atoms with E-state index in [-0.39, 0.29) is 0 Å². The average Bonchev–Trinajstić information content (AvgIpc) is 2.58. The number of fused-ring (bicyclic) bond motifs is 2. The molecule has 4 heteroatoms. The van der Waals surface area contributed by atoms with Crippen LogP contribution in [-0.4, -0.2) is 30.2 Å². The maximum absolute atomic E-state index is 6.15. The summed E-state index contributed by atoms with van der Waals surface area (Å²) in [6.07, 6.45) is 4.38. The molecule has 2 bridgehead atoms. The molecule has 0 spiro atoms. The van der Waals surface area contributed by atoms with Crippen LogP contribution in [0.1, 0.15) is 12.8 Å². The monoisotopic (exact) mass is 223 g/mol. The van der Waals surface area contributed by atoms with Crippen LogP contribution in [0, 0.1) is 0 Å². The molecule has 0 unspecified atom stereocenters. The van der Waals surface area contributed by atoms with Crippen molar-refractivity contribution in [1.82, 2.24) is 10.3 Å². The lowest BCUT2D eigenvalue weighted by Gasteiger charge is -2.34. The second-order valence-electron chi connectivity index (χ2n) is 4.35. The molecule has 3 nitrogen and oxygen atoms in total. The van der Waals surface area contributed by atoms with Crippen LogP contribution >= 0.6 is 11.6 Å². The maximum Gasteiger partial charge on any atom is 0.147 e. The van der Waals surface area contributed by atoms with Gasteiger partial charge in [-0.1, -0.05) is 11.6 Å². The number of piperazine rings is 1. The van der Waals surface area contributed by atoms with Gasteiger partial charge in [-0.05, 0) is 25.0 Å². The highest BCUT2D eigenvalue weighted by Gasteiger charge is 2.33. The number of nitrogens with one attached hydrogen (secondary N) is 1. The van der Waals surface area contributed by atoms with Crippen molar-refractivity contribution in [2.45, 2.75) is 24.9 Å². The van der Waals surface area contributed by atoms with E-state index in [0.29, 0.717) is 12.1 Å². The predicted molar refractivity (Wildman–Crippen MR) is 61.4 cm³/mol. The molecule has 1 N–H and O–H groups in total. The third-order valence-corrected chi connectivity index (χ3v) is 3.55. The first-order valence-electron chi connectivity index (χ1n) is 5.44. The molecule has 1 aromatic rings. The van der Waals surface area contributed by atoms with Crippen molar-refractivity contribution in [2.75, 3.05) is 18.0 Å². The molecule has 3 heterocycles. The van der Waals surface area contributed by atoms with E-state index >= 15 is 0 Å². The van der Waals surface area contributed by atoms with Gasteiger partial charge in [-0.25, -0.2) is 4.98 Å². The van der Waals surface area contributed by atoms with E-state index in [2.05, 4.69) is 15.2 Å². The van der Waals surface area contributed by atoms with E-state index in [9.17, 15) is 0 Å². The second kappa shape index (κ2) is 3.65. The summed E-state index contributed by atoms with van der Waals surface area (Å²) in [5.74, 6) is 0.942. The lowest BCUT2D eigenvalue weighted by Crippen LogP contribution is -2.51. The number of pyridine rings is 1. The van der Waals surface area contributed by atoms with E-state index in [1.54, 1.807) is 0 Å². The van der Waals surface area contributed by atoms with Gasteiger partial charge in [-0.2, -0.15) is 0 Å².